The number of aromatic nitrogens is 2. The van der Waals surface area contributed by atoms with Crippen LogP contribution in [0.4, 0.5) is 5.82 Å². The largest absolute Gasteiger partial charge is 0.361 e. The van der Waals surface area contributed by atoms with E-state index < -0.39 is 0 Å². The van der Waals surface area contributed by atoms with Crippen LogP contribution in [0.5, 0.6) is 0 Å². The van der Waals surface area contributed by atoms with E-state index in [-0.39, 0.29) is 23.3 Å². The van der Waals surface area contributed by atoms with Crippen molar-refractivity contribution in [2.24, 2.45) is 5.73 Å². The second-order valence-corrected chi connectivity index (χ2v) is 7.53. The van der Waals surface area contributed by atoms with Crippen LogP contribution in [-0.4, -0.2) is 21.5 Å². The number of rotatable bonds is 7. The highest BCUT2D eigenvalue weighted by atomic mass is 16.2. The van der Waals surface area contributed by atoms with Crippen molar-refractivity contribution in [3.63, 3.8) is 0 Å². The molecule has 4 rings (SSSR count). The van der Waals surface area contributed by atoms with E-state index in [9.17, 15) is 9.59 Å². The molecule has 7 heteroatoms. The lowest BCUT2D eigenvalue weighted by atomic mass is 10.1. The average molecular weight is 403 g/mol. The number of aryl methyl sites for hydroxylation is 1. The Labute approximate surface area is 175 Å². The summed E-state index contributed by atoms with van der Waals surface area (Å²) in [6, 6.07) is 13.5. The number of nitrogens with one attached hydrogen (secondary N) is 2. The lowest BCUT2D eigenvalue weighted by molar-refractivity contribution is 0.0951. The third-order valence-electron chi connectivity index (χ3n) is 5.27. The van der Waals surface area contributed by atoms with Gasteiger partial charge in [0.05, 0.1) is 5.69 Å². The fourth-order valence-electron chi connectivity index (χ4n) is 3.34. The molecule has 2 aromatic carbocycles. The van der Waals surface area contributed by atoms with Crippen molar-refractivity contribution in [3.05, 3.63) is 87.5 Å². The molecule has 0 spiro atoms. The molecule has 154 valence electrons. The number of hydrogen-bond donors (Lipinski definition) is 3. The van der Waals surface area contributed by atoms with Crippen LogP contribution < -0.4 is 21.9 Å². The van der Waals surface area contributed by atoms with E-state index in [4.69, 9.17) is 5.73 Å². The predicted molar refractivity (Wildman–Crippen MR) is 117 cm³/mol. The maximum Gasteiger partial charge on any atom is 0.297 e. The van der Waals surface area contributed by atoms with Crippen molar-refractivity contribution >= 4 is 11.7 Å². The first-order valence-electron chi connectivity index (χ1n) is 10.1. The maximum atomic E-state index is 13.1. The number of hydrogen-bond acceptors (Lipinski definition) is 5. The van der Waals surface area contributed by atoms with Crippen LogP contribution in [0.1, 0.15) is 39.9 Å². The van der Waals surface area contributed by atoms with Crippen LogP contribution in [0.3, 0.4) is 0 Å². The lowest BCUT2D eigenvalue weighted by Gasteiger charge is -2.14. The van der Waals surface area contributed by atoms with Crippen LogP contribution in [0.25, 0.3) is 5.69 Å². The van der Waals surface area contributed by atoms with Gasteiger partial charge in [-0.25, -0.2) is 4.98 Å². The summed E-state index contributed by atoms with van der Waals surface area (Å²) in [5.41, 5.74) is 9.66. The summed E-state index contributed by atoms with van der Waals surface area (Å²) in [5.74, 6) is 0.133. The first-order valence-corrected chi connectivity index (χ1v) is 10.1. The van der Waals surface area contributed by atoms with Gasteiger partial charge in [0.15, 0.2) is 5.82 Å². The predicted octanol–water partition coefficient (Wildman–Crippen LogP) is 2.50. The minimum Gasteiger partial charge on any atom is -0.361 e. The molecule has 0 saturated heterocycles. The van der Waals surface area contributed by atoms with Gasteiger partial charge in [-0.1, -0.05) is 30.3 Å². The zero-order chi connectivity index (χ0) is 21.1. The normalized spacial score (nSPS) is 13.1. The van der Waals surface area contributed by atoms with E-state index in [1.54, 1.807) is 24.5 Å². The molecule has 1 aromatic heterocycles. The molecule has 1 aliphatic carbocycles. The fourth-order valence-corrected chi connectivity index (χ4v) is 3.34. The fraction of sp³-hybridized carbons (Fsp3) is 0.261. The van der Waals surface area contributed by atoms with Crippen molar-refractivity contribution in [1.82, 2.24) is 14.9 Å². The van der Waals surface area contributed by atoms with Crippen molar-refractivity contribution in [3.8, 4) is 5.69 Å². The van der Waals surface area contributed by atoms with Crippen LogP contribution in [0, 0.1) is 6.92 Å². The quantitative estimate of drug-likeness (QED) is 0.563. The standard InChI is InChI=1S/C23H25N5O2/c1-15-6-7-16(22(29)27-19-8-9-19)12-20(15)28-11-10-25-21(23(28)30)26-14-18-5-3-2-4-17(18)13-24/h2-7,10-12,19H,8-9,13-14,24H2,1H3,(H,25,26)(H,27,29). The second-order valence-electron chi connectivity index (χ2n) is 7.53. The monoisotopic (exact) mass is 403 g/mol. The van der Waals surface area contributed by atoms with Crippen LogP contribution in [0.2, 0.25) is 0 Å². The number of amides is 1. The molecule has 1 fully saturated rings. The molecule has 0 atom stereocenters. The molecule has 1 aliphatic rings. The Balaban J connectivity index is 1.61. The molecule has 1 saturated carbocycles. The van der Waals surface area contributed by atoms with Gasteiger partial charge in [0.1, 0.15) is 0 Å². The third-order valence-corrected chi connectivity index (χ3v) is 5.27. The zero-order valence-corrected chi connectivity index (χ0v) is 16.9. The molecule has 0 aliphatic heterocycles. The summed E-state index contributed by atoms with van der Waals surface area (Å²) >= 11 is 0. The van der Waals surface area contributed by atoms with Crippen LogP contribution >= 0.6 is 0 Å². The SMILES string of the molecule is Cc1ccc(C(=O)NC2CC2)cc1-n1ccnc(NCc2ccccc2CN)c1=O. The number of anilines is 1. The highest BCUT2D eigenvalue weighted by molar-refractivity contribution is 5.95. The Kier molecular flexibility index (Phi) is 5.63. The molecule has 1 heterocycles. The highest BCUT2D eigenvalue weighted by Gasteiger charge is 2.24. The first-order chi connectivity index (χ1) is 14.6. The summed E-state index contributed by atoms with van der Waals surface area (Å²) in [6.45, 7) is 2.79. The van der Waals surface area contributed by atoms with Crippen molar-refractivity contribution in [2.45, 2.75) is 38.9 Å². The topological polar surface area (TPSA) is 102 Å². The zero-order valence-electron chi connectivity index (χ0n) is 16.9. The van der Waals surface area contributed by atoms with E-state index in [0.717, 1.165) is 29.5 Å². The third kappa shape index (κ3) is 4.26. The average Bonchev–Trinajstić information content (AvgIpc) is 3.57. The molecule has 0 radical (unpaired) electrons. The summed E-state index contributed by atoms with van der Waals surface area (Å²) < 4.78 is 1.52. The maximum absolute atomic E-state index is 13.1. The van der Waals surface area contributed by atoms with Gasteiger partial charge < -0.3 is 16.4 Å². The molecular formula is C23H25N5O2. The summed E-state index contributed by atoms with van der Waals surface area (Å²) in [4.78, 5) is 29.7. The molecular weight excluding hydrogens is 378 g/mol. The van der Waals surface area contributed by atoms with E-state index in [1.807, 2.05) is 37.3 Å². The van der Waals surface area contributed by atoms with Crippen molar-refractivity contribution < 1.29 is 4.79 Å². The van der Waals surface area contributed by atoms with Gasteiger partial charge in [0.25, 0.3) is 11.5 Å². The number of benzene rings is 2. The van der Waals surface area contributed by atoms with Gasteiger partial charge in [-0.15, -0.1) is 0 Å². The van der Waals surface area contributed by atoms with Crippen molar-refractivity contribution in [1.29, 1.82) is 0 Å². The number of carbonyl (C=O) groups is 1. The Morgan fingerprint density at radius 2 is 1.97 bits per heavy atom. The summed E-state index contributed by atoms with van der Waals surface area (Å²) in [7, 11) is 0. The van der Waals surface area contributed by atoms with E-state index in [0.29, 0.717) is 24.3 Å². The van der Waals surface area contributed by atoms with E-state index in [1.165, 1.54) is 4.57 Å². The Morgan fingerprint density at radius 3 is 2.70 bits per heavy atom. The smallest absolute Gasteiger partial charge is 0.297 e. The minimum absolute atomic E-state index is 0.113. The van der Waals surface area contributed by atoms with Gasteiger partial charge in [-0.3, -0.25) is 14.2 Å². The van der Waals surface area contributed by atoms with Gasteiger partial charge in [0.2, 0.25) is 0 Å². The Bertz CT molecular complexity index is 1130. The number of nitrogens with zero attached hydrogens (tertiary/aromatic N) is 2. The van der Waals surface area contributed by atoms with Crippen LogP contribution in [-0.2, 0) is 13.1 Å². The lowest BCUT2D eigenvalue weighted by Crippen LogP contribution is -2.27. The highest BCUT2D eigenvalue weighted by Crippen LogP contribution is 2.21. The molecule has 4 N–H and O–H groups in total. The molecule has 1 amide bonds. The Hall–Kier alpha value is -3.45. The molecule has 3 aromatic rings. The van der Waals surface area contributed by atoms with Gasteiger partial charge in [-0.05, 0) is 48.6 Å². The van der Waals surface area contributed by atoms with Gasteiger partial charge >= 0.3 is 0 Å². The molecule has 7 nitrogen and oxygen atoms in total. The molecule has 0 bridgehead atoms. The second kappa shape index (κ2) is 8.51. The first kappa shape index (κ1) is 19.8. The number of carbonyl (C=O) groups excluding carboxylic acids is 1. The summed E-state index contributed by atoms with van der Waals surface area (Å²) in [6.07, 6.45) is 5.24. The van der Waals surface area contributed by atoms with E-state index >= 15 is 0 Å². The minimum atomic E-state index is -0.273. The molecule has 30 heavy (non-hydrogen) atoms. The van der Waals surface area contributed by atoms with E-state index in [2.05, 4.69) is 15.6 Å². The number of nitrogens with two attached hydrogens (primary N) is 1. The van der Waals surface area contributed by atoms with Crippen molar-refractivity contribution in [2.75, 3.05) is 5.32 Å². The Morgan fingerprint density at radius 1 is 1.20 bits per heavy atom. The van der Waals surface area contributed by atoms with Crippen LogP contribution in [0.15, 0.2) is 59.7 Å². The van der Waals surface area contributed by atoms with Gasteiger partial charge in [-0.2, -0.15) is 0 Å². The molecule has 0 unspecified atom stereocenters. The van der Waals surface area contributed by atoms with Gasteiger partial charge in [0, 0.05) is 37.1 Å². The summed E-state index contributed by atoms with van der Waals surface area (Å²) in [5, 5.41) is 6.11.